The van der Waals surface area contributed by atoms with Gasteiger partial charge in [-0.25, -0.2) is 32.3 Å². The van der Waals surface area contributed by atoms with Crippen molar-refractivity contribution in [3.63, 3.8) is 0 Å². The average Bonchev–Trinajstić information content (AvgIpc) is 3.84. The number of aromatic nitrogens is 6. The van der Waals surface area contributed by atoms with Crippen molar-refractivity contribution in [3.8, 4) is 28.4 Å². The van der Waals surface area contributed by atoms with Gasteiger partial charge in [-0.05, 0) is 72.1 Å². The Hall–Kier alpha value is -6.70. The van der Waals surface area contributed by atoms with Gasteiger partial charge in [-0.1, -0.05) is 36.4 Å². The number of rotatable bonds is 12. The number of alkyl halides is 2. The molecular formula is C39H33F3N8O3. The predicted octanol–water partition coefficient (Wildman–Crippen LogP) is 7.84. The number of benzene rings is 4. The van der Waals surface area contributed by atoms with Crippen molar-refractivity contribution >= 4 is 23.1 Å². The van der Waals surface area contributed by atoms with Gasteiger partial charge in [-0.3, -0.25) is 4.79 Å². The maximum atomic E-state index is 15.1. The lowest BCUT2D eigenvalue weighted by atomic mass is 10.1. The van der Waals surface area contributed by atoms with Crippen LogP contribution in [0.2, 0.25) is 0 Å². The Kier molecular flexibility index (Phi) is 9.75. The van der Waals surface area contributed by atoms with E-state index in [2.05, 4.69) is 25.4 Å². The number of nitrogens with one attached hydrogen (secondary N) is 1. The summed E-state index contributed by atoms with van der Waals surface area (Å²) in [6, 6.07) is 23.4. The molecular weight excluding hydrogens is 685 g/mol. The van der Waals surface area contributed by atoms with E-state index in [0.29, 0.717) is 47.1 Å². The topological polar surface area (TPSA) is 112 Å². The molecule has 11 nitrogen and oxygen atoms in total. The molecule has 7 aromatic rings. The monoisotopic (exact) mass is 718 g/mol. The highest BCUT2D eigenvalue weighted by atomic mass is 19.3. The van der Waals surface area contributed by atoms with Crippen LogP contribution in [0.15, 0.2) is 110 Å². The molecule has 0 bridgehead atoms. The lowest BCUT2D eigenvalue weighted by molar-refractivity contribution is 0.102. The van der Waals surface area contributed by atoms with Crippen molar-refractivity contribution in [1.82, 2.24) is 29.4 Å². The van der Waals surface area contributed by atoms with Crippen LogP contribution in [0.1, 0.15) is 39.0 Å². The zero-order chi connectivity index (χ0) is 37.1. The Morgan fingerprint density at radius 1 is 0.868 bits per heavy atom. The van der Waals surface area contributed by atoms with Crippen LogP contribution in [-0.2, 0) is 13.1 Å². The van der Waals surface area contributed by atoms with Crippen molar-refractivity contribution < 1.29 is 27.4 Å². The second-order valence-electron chi connectivity index (χ2n) is 12.2. The number of ether oxygens (including phenoxy) is 2. The average molecular weight is 719 g/mol. The third kappa shape index (κ3) is 7.38. The molecule has 0 aliphatic heterocycles. The molecule has 7 rings (SSSR count). The summed E-state index contributed by atoms with van der Waals surface area (Å²) in [5.41, 5.74) is 4.48. The van der Waals surface area contributed by atoms with E-state index < -0.39 is 18.1 Å². The Bertz CT molecular complexity index is 2350. The van der Waals surface area contributed by atoms with E-state index in [0.717, 1.165) is 28.7 Å². The second-order valence-corrected chi connectivity index (χ2v) is 12.2. The molecule has 14 heteroatoms. The van der Waals surface area contributed by atoms with E-state index >= 15 is 4.39 Å². The molecule has 1 amide bonds. The number of carbonyl (C=O) groups excluding carboxylic acids is 1. The lowest BCUT2D eigenvalue weighted by Gasteiger charge is -2.24. The van der Waals surface area contributed by atoms with Gasteiger partial charge >= 0.3 is 0 Å². The SMILES string of the molecule is COc1ccc(CN(Cc2ccc(OC)cc2)c2ncnn3c(-c4cnn(-c5cc(NC(=O)c6cccc(C(F)F)c6)c(F)cc5C)c4)cnc23)cc1. The van der Waals surface area contributed by atoms with E-state index in [4.69, 9.17) is 14.5 Å². The number of nitrogens with zero attached hydrogens (tertiary/aromatic N) is 7. The number of aryl methyl sites for hydroxylation is 1. The molecule has 53 heavy (non-hydrogen) atoms. The van der Waals surface area contributed by atoms with E-state index in [1.165, 1.54) is 36.7 Å². The van der Waals surface area contributed by atoms with E-state index in [1.54, 1.807) is 48.9 Å². The number of hydrogen-bond donors (Lipinski definition) is 1. The molecule has 4 aromatic carbocycles. The normalized spacial score (nSPS) is 11.2. The summed E-state index contributed by atoms with van der Waals surface area (Å²) in [5, 5.41) is 11.6. The van der Waals surface area contributed by atoms with E-state index in [-0.39, 0.29) is 16.8 Å². The van der Waals surface area contributed by atoms with Gasteiger partial charge in [0.15, 0.2) is 11.5 Å². The van der Waals surface area contributed by atoms with Crippen LogP contribution in [0.3, 0.4) is 0 Å². The standard InChI is InChI=1S/C39H33F3N8O3/c1-24-15-32(40)33(47-39(51)28-6-4-5-27(16-28)36(41)42)17-34(24)49-22-29(18-45-49)35-19-43-38-37(44-23-46-50(35)38)48(20-25-7-11-30(52-2)12-8-25)21-26-9-13-31(53-3)14-10-26/h4-19,22-23,36H,20-21H2,1-3H3,(H,47,51). The van der Waals surface area contributed by atoms with Gasteiger partial charge in [-0.15, -0.1) is 0 Å². The maximum absolute atomic E-state index is 15.1. The van der Waals surface area contributed by atoms with Crippen LogP contribution in [0.5, 0.6) is 11.5 Å². The molecule has 0 aliphatic carbocycles. The van der Waals surface area contributed by atoms with Gasteiger partial charge in [0.05, 0.1) is 43.7 Å². The fraction of sp³-hybridized carbons (Fsp3) is 0.154. The summed E-state index contributed by atoms with van der Waals surface area (Å²) < 4.78 is 55.4. The van der Waals surface area contributed by atoms with Crippen LogP contribution in [0.25, 0.3) is 22.6 Å². The van der Waals surface area contributed by atoms with Gasteiger partial charge in [0, 0.05) is 36.0 Å². The highest BCUT2D eigenvalue weighted by Gasteiger charge is 2.20. The zero-order valence-corrected chi connectivity index (χ0v) is 28.9. The molecule has 0 atom stereocenters. The summed E-state index contributed by atoms with van der Waals surface area (Å²) in [5.74, 6) is 0.716. The van der Waals surface area contributed by atoms with Crippen LogP contribution in [0.4, 0.5) is 24.7 Å². The Labute approximate surface area is 302 Å². The minimum atomic E-state index is -2.75. The molecule has 0 saturated heterocycles. The summed E-state index contributed by atoms with van der Waals surface area (Å²) in [6.45, 7) is 2.75. The molecule has 3 heterocycles. The molecule has 268 valence electrons. The quantitative estimate of drug-likeness (QED) is 0.136. The number of amides is 1. The number of methoxy groups -OCH3 is 2. The molecule has 0 aliphatic rings. The first kappa shape index (κ1) is 34.7. The Morgan fingerprint density at radius 3 is 2.19 bits per heavy atom. The molecule has 0 saturated carbocycles. The summed E-state index contributed by atoms with van der Waals surface area (Å²) in [4.78, 5) is 24.4. The number of hydrogen-bond acceptors (Lipinski definition) is 8. The van der Waals surface area contributed by atoms with Crippen molar-refractivity contribution in [3.05, 3.63) is 143 Å². The molecule has 3 aromatic heterocycles. The van der Waals surface area contributed by atoms with E-state index in [9.17, 15) is 13.6 Å². The molecule has 0 unspecified atom stereocenters. The summed E-state index contributed by atoms with van der Waals surface area (Å²) in [6.07, 6.45) is 3.79. The molecule has 0 spiro atoms. The highest BCUT2D eigenvalue weighted by molar-refractivity contribution is 6.04. The van der Waals surface area contributed by atoms with Crippen molar-refractivity contribution in [2.24, 2.45) is 0 Å². The number of halogens is 3. The maximum Gasteiger partial charge on any atom is 0.263 e. The first-order chi connectivity index (χ1) is 25.7. The second kappa shape index (κ2) is 14.9. The smallest absolute Gasteiger partial charge is 0.263 e. The van der Waals surface area contributed by atoms with Gasteiger partial charge < -0.3 is 19.7 Å². The van der Waals surface area contributed by atoms with Crippen LogP contribution < -0.4 is 19.7 Å². The zero-order valence-electron chi connectivity index (χ0n) is 28.9. The third-order valence-electron chi connectivity index (χ3n) is 8.71. The van der Waals surface area contributed by atoms with Crippen molar-refractivity contribution in [1.29, 1.82) is 0 Å². The van der Waals surface area contributed by atoms with Gasteiger partial charge in [0.25, 0.3) is 12.3 Å². The summed E-state index contributed by atoms with van der Waals surface area (Å²) >= 11 is 0. The molecule has 0 fully saturated rings. The number of anilines is 2. The molecule has 1 N–H and O–H groups in total. The number of fused-ring (bicyclic) bond motifs is 1. The first-order valence-electron chi connectivity index (χ1n) is 16.4. The van der Waals surface area contributed by atoms with Crippen LogP contribution >= 0.6 is 0 Å². The Balaban J connectivity index is 1.19. The fourth-order valence-corrected chi connectivity index (χ4v) is 5.93. The predicted molar refractivity (Wildman–Crippen MR) is 193 cm³/mol. The summed E-state index contributed by atoms with van der Waals surface area (Å²) in [7, 11) is 3.26. The minimum absolute atomic E-state index is 0.0220. The van der Waals surface area contributed by atoms with Crippen molar-refractivity contribution in [2.45, 2.75) is 26.4 Å². The Morgan fingerprint density at radius 2 is 1.55 bits per heavy atom. The van der Waals surface area contributed by atoms with Crippen LogP contribution in [0, 0.1) is 12.7 Å². The fourth-order valence-electron chi connectivity index (χ4n) is 5.93. The lowest BCUT2D eigenvalue weighted by Crippen LogP contribution is -2.24. The number of carbonyl (C=O) groups is 1. The first-order valence-corrected chi connectivity index (χ1v) is 16.4. The van der Waals surface area contributed by atoms with Gasteiger partial charge in [-0.2, -0.15) is 10.2 Å². The van der Waals surface area contributed by atoms with Gasteiger partial charge in [0.1, 0.15) is 23.6 Å². The van der Waals surface area contributed by atoms with Crippen molar-refractivity contribution in [2.75, 3.05) is 24.4 Å². The third-order valence-corrected chi connectivity index (χ3v) is 8.71. The van der Waals surface area contributed by atoms with Crippen LogP contribution in [-0.4, -0.2) is 49.5 Å². The highest BCUT2D eigenvalue weighted by Crippen LogP contribution is 2.30. The van der Waals surface area contributed by atoms with E-state index in [1.807, 2.05) is 48.5 Å². The largest absolute Gasteiger partial charge is 0.497 e. The molecule has 0 radical (unpaired) electrons. The minimum Gasteiger partial charge on any atom is -0.497 e. The number of imidazole rings is 1. The van der Waals surface area contributed by atoms with Gasteiger partial charge in [0.2, 0.25) is 0 Å².